The number of hydrogen-bond acceptors (Lipinski definition) is 6. The number of ether oxygens (including phenoxy) is 2. The molecule has 1 unspecified atom stereocenters. The molecule has 1 amide bonds. The van der Waals surface area contributed by atoms with E-state index in [0.29, 0.717) is 49.5 Å². The zero-order chi connectivity index (χ0) is 21.5. The molecule has 2 heterocycles. The summed E-state index contributed by atoms with van der Waals surface area (Å²) in [6.07, 6.45) is 7.61. The zero-order valence-corrected chi connectivity index (χ0v) is 17.8. The monoisotopic (exact) mass is 431 g/mol. The van der Waals surface area contributed by atoms with Crippen LogP contribution in [0.15, 0.2) is 28.8 Å². The highest BCUT2D eigenvalue weighted by atomic mass is 19.1. The number of piperidine rings is 1. The summed E-state index contributed by atoms with van der Waals surface area (Å²) in [6.45, 7) is 2.56. The van der Waals surface area contributed by atoms with Crippen molar-refractivity contribution in [3.05, 3.63) is 41.8 Å². The number of hydrogen-bond donors (Lipinski definition) is 0. The van der Waals surface area contributed by atoms with Crippen LogP contribution in [-0.4, -0.2) is 53.9 Å². The molecule has 1 atom stereocenters. The maximum atomic E-state index is 13.0. The van der Waals surface area contributed by atoms with Gasteiger partial charge in [-0.2, -0.15) is 4.98 Å². The SMILES string of the molecule is O=C(COc1ccc(F)cc1)N1CCCC(c2nc(CCOCC3CCCC3)no2)C1. The van der Waals surface area contributed by atoms with E-state index >= 15 is 0 Å². The molecule has 0 N–H and O–H groups in total. The molecule has 1 aliphatic carbocycles. The molecule has 1 aromatic carbocycles. The van der Waals surface area contributed by atoms with E-state index in [0.717, 1.165) is 19.4 Å². The van der Waals surface area contributed by atoms with Crippen LogP contribution < -0.4 is 4.74 Å². The van der Waals surface area contributed by atoms with Crippen LogP contribution in [0.3, 0.4) is 0 Å². The number of amides is 1. The summed E-state index contributed by atoms with van der Waals surface area (Å²) in [4.78, 5) is 18.9. The van der Waals surface area contributed by atoms with E-state index in [1.807, 2.05) is 0 Å². The first-order valence-corrected chi connectivity index (χ1v) is 11.2. The van der Waals surface area contributed by atoms with Gasteiger partial charge < -0.3 is 18.9 Å². The first-order valence-electron chi connectivity index (χ1n) is 11.2. The third-order valence-corrected chi connectivity index (χ3v) is 6.08. The smallest absolute Gasteiger partial charge is 0.260 e. The molecule has 4 rings (SSSR count). The van der Waals surface area contributed by atoms with Crippen molar-refractivity contribution in [2.45, 2.75) is 50.9 Å². The Morgan fingerprint density at radius 1 is 1.16 bits per heavy atom. The zero-order valence-electron chi connectivity index (χ0n) is 17.8. The topological polar surface area (TPSA) is 77.7 Å². The van der Waals surface area contributed by atoms with Crippen molar-refractivity contribution in [2.75, 3.05) is 32.9 Å². The third kappa shape index (κ3) is 6.26. The largest absolute Gasteiger partial charge is 0.484 e. The Morgan fingerprint density at radius 3 is 2.77 bits per heavy atom. The van der Waals surface area contributed by atoms with Crippen LogP contribution in [0, 0.1) is 11.7 Å². The van der Waals surface area contributed by atoms with Gasteiger partial charge in [-0.25, -0.2) is 4.39 Å². The molecule has 1 aliphatic heterocycles. The van der Waals surface area contributed by atoms with Crippen molar-refractivity contribution in [1.29, 1.82) is 0 Å². The molecule has 8 heteroatoms. The Balaban J connectivity index is 1.21. The second-order valence-corrected chi connectivity index (χ2v) is 8.45. The van der Waals surface area contributed by atoms with Crippen LogP contribution >= 0.6 is 0 Å². The van der Waals surface area contributed by atoms with Gasteiger partial charge in [0.25, 0.3) is 5.91 Å². The Morgan fingerprint density at radius 2 is 1.97 bits per heavy atom. The lowest BCUT2D eigenvalue weighted by Gasteiger charge is -2.30. The number of nitrogens with zero attached hydrogens (tertiary/aromatic N) is 3. The Kier molecular flexibility index (Phi) is 7.51. The molecule has 168 valence electrons. The van der Waals surface area contributed by atoms with E-state index in [2.05, 4.69) is 10.1 Å². The predicted molar refractivity (Wildman–Crippen MR) is 111 cm³/mol. The van der Waals surface area contributed by atoms with Gasteiger partial charge in [-0.3, -0.25) is 4.79 Å². The van der Waals surface area contributed by atoms with Gasteiger partial charge in [-0.05, 0) is 55.9 Å². The van der Waals surface area contributed by atoms with Crippen LogP contribution in [0.2, 0.25) is 0 Å². The van der Waals surface area contributed by atoms with Gasteiger partial charge in [0, 0.05) is 26.1 Å². The molecule has 0 radical (unpaired) electrons. The van der Waals surface area contributed by atoms with Crippen LogP contribution in [0.1, 0.15) is 56.2 Å². The molecule has 1 saturated heterocycles. The summed E-state index contributed by atoms with van der Waals surface area (Å²) in [5.41, 5.74) is 0. The number of likely N-dealkylation sites (tertiary alicyclic amines) is 1. The van der Waals surface area contributed by atoms with E-state index in [4.69, 9.17) is 14.0 Å². The molecule has 2 aromatic rings. The normalized spacial score (nSPS) is 19.6. The molecular weight excluding hydrogens is 401 g/mol. The number of rotatable bonds is 9. The molecule has 2 fully saturated rings. The minimum absolute atomic E-state index is 0.0316. The van der Waals surface area contributed by atoms with Crippen LogP contribution in [0.4, 0.5) is 4.39 Å². The second kappa shape index (κ2) is 10.7. The van der Waals surface area contributed by atoms with Crippen molar-refractivity contribution < 1.29 is 23.2 Å². The lowest BCUT2D eigenvalue weighted by atomic mass is 9.98. The first-order chi connectivity index (χ1) is 15.2. The average molecular weight is 432 g/mol. The van der Waals surface area contributed by atoms with Gasteiger partial charge in [-0.15, -0.1) is 0 Å². The fraction of sp³-hybridized carbons (Fsp3) is 0.609. The van der Waals surface area contributed by atoms with Gasteiger partial charge in [0.2, 0.25) is 5.89 Å². The molecule has 0 spiro atoms. The minimum atomic E-state index is -0.336. The maximum Gasteiger partial charge on any atom is 0.260 e. The molecule has 2 aliphatic rings. The molecule has 7 nitrogen and oxygen atoms in total. The van der Waals surface area contributed by atoms with E-state index in [-0.39, 0.29) is 24.2 Å². The number of aromatic nitrogens is 2. The van der Waals surface area contributed by atoms with Crippen LogP contribution in [-0.2, 0) is 16.0 Å². The highest BCUT2D eigenvalue weighted by Gasteiger charge is 2.28. The summed E-state index contributed by atoms with van der Waals surface area (Å²) in [5.74, 6) is 2.01. The minimum Gasteiger partial charge on any atom is -0.484 e. The first kappa shape index (κ1) is 21.7. The summed E-state index contributed by atoms with van der Waals surface area (Å²) < 4.78 is 29.7. The number of carbonyl (C=O) groups excluding carboxylic acids is 1. The maximum absolute atomic E-state index is 13.0. The van der Waals surface area contributed by atoms with Gasteiger partial charge in [0.1, 0.15) is 11.6 Å². The third-order valence-electron chi connectivity index (χ3n) is 6.08. The summed E-state index contributed by atoms with van der Waals surface area (Å²) in [6, 6.07) is 5.64. The van der Waals surface area contributed by atoms with E-state index in [9.17, 15) is 9.18 Å². The number of halogens is 1. The van der Waals surface area contributed by atoms with Crippen molar-refractivity contribution in [3.63, 3.8) is 0 Å². The number of benzene rings is 1. The molecule has 1 saturated carbocycles. The summed E-state index contributed by atoms with van der Waals surface area (Å²) in [7, 11) is 0. The standard InChI is InChI=1S/C23H30FN3O4/c24-19-7-9-20(10-8-19)30-16-22(28)27-12-3-6-18(14-27)23-25-21(26-31-23)11-13-29-15-17-4-1-2-5-17/h7-10,17-18H,1-6,11-16H2. The van der Waals surface area contributed by atoms with Crippen molar-refractivity contribution in [1.82, 2.24) is 15.0 Å². The highest BCUT2D eigenvalue weighted by Crippen LogP contribution is 2.26. The van der Waals surface area contributed by atoms with E-state index < -0.39 is 0 Å². The van der Waals surface area contributed by atoms with Gasteiger partial charge in [0.15, 0.2) is 12.4 Å². The fourth-order valence-electron chi connectivity index (χ4n) is 4.30. The van der Waals surface area contributed by atoms with Crippen molar-refractivity contribution in [2.24, 2.45) is 5.92 Å². The molecule has 0 bridgehead atoms. The molecule has 1 aromatic heterocycles. The summed E-state index contributed by atoms with van der Waals surface area (Å²) in [5, 5.41) is 4.09. The van der Waals surface area contributed by atoms with Crippen LogP contribution in [0.5, 0.6) is 5.75 Å². The van der Waals surface area contributed by atoms with Crippen molar-refractivity contribution in [3.8, 4) is 5.75 Å². The Bertz CT molecular complexity index is 836. The lowest BCUT2D eigenvalue weighted by molar-refractivity contribution is -0.134. The highest BCUT2D eigenvalue weighted by molar-refractivity contribution is 5.78. The average Bonchev–Trinajstić information content (AvgIpc) is 3.48. The van der Waals surface area contributed by atoms with Crippen molar-refractivity contribution >= 4 is 5.91 Å². The Labute approximate surface area is 181 Å². The molecular formula is C23H30FN3O4. The lowest BCUT2D eigenvalue weighted by Crippen LogP contribution is -2.41. The van der Waals surface area contributed by atoms with E-state index in [1.165, 1.54) is 49.9 Å². The van der Waals surface area contributed by atoms with Gasteiger partial charge in [0.05, 0.1) is 12.5 Å². The second-order valence-electron chi connectivity index (χ2n) is 8.45. The van der Waals surface area contributed by atoms with Gasteiger partial charge >= 0.3 is 0 Å². The number of carbonyl (C=O) groups is 1. The van der Waals surface area contributed by atoms with Gasteiger partial charge in [-0.1, -0.05) is 18.0 Å². The predicted octanol–water partition coefficient (Wildman–Crippen LogP) is 3.74. The summed E-state index contributed by atoms with van der Waals surface area (Å²) >= 11 is 0. The van der Waals surface area contributed by atoms with Crippen LogP contribution in [0.25, 0.3) is 0 Å². The quantitative estimate of drug-likeness (QED) is 0.563. The molecule has 31 heavy (non-hydrogen) atoms. The Hall–Kier alpha value is -2.48. The fourth-order valence-corrected chi connectivity index (χ4v) is 4.30. The van der Waals surface area contributed by atoms with E-state index in [1.54, 1.807) is 4.90 Å².